The Kier molecular flexibility index (Phi) is 1.65. The van der Waals surface area contributed by atoms with Crippen molar-refractivity contribution >= 4 is 0 Å². The van der Waals surface area contributed by atoms with Gasteiger partial charge in [-0.2, -0.15) is 0 Å². The molecule has 0 aliphatic heterocycles. The molecular formula is C6H10O2. The standard InChI is InChI=1S/C6H10O2/c7-4-5-1-2-6(8)3-5/h1,6-8H,2-4H2/t6-/m0/s1. The molecule has 0 aromatic rings. The van der Waals surface area contributed by atoms with Crippen LogP contribution in [0, 0.1) is 0 Å². The second kappa shape index (κ2) is 2.29. The van der Waals surface area contributed by atoms with Gasteiger partial charge >= 0.3 is 0 Å². The van der Waals surface area contributed by atoms with Crippen molar-refractivity contribution in [3.05, 3.63) is 11.6 Å². The lowest BCUT2D eigenvalue weighted by molar-refractivity contribution is 0.184. The maximum Gasteiger partial charge on any atom is 0.0642 e. The van der Waals surface area contributed by atoms with Crippen LogP contribution in [0.5, 0.6) is 0 Å². The Morgan fingerprint density at radius 3 is 2.75 bits per heavy atom. The number of hydrogen-bond donors (Lipinski definition) is 2. The van der Waals surface area contributed by atoms with Crippen molar-refractivity contribution < 1.29 is 10.2 Å². The largest absolute Gasteiger partial charge is 0.392 e. The van der Waals surface area contributed by atoms with Crippen LogP contribution in [0.1, 0.15) is 12.8 Å². The minimum Gasteiger partial charge on any atom is -0.392 e. The highest BCUT2D eigenvalue weighted by Gasteiger charge is 2.11. The smallest absolute Gasteiger partial charge is 0.0642 e. The zero-order valence-electron chi connectivity index (χ0n) is 4.67. The Balaban J connectivity index is 2.37. The van der Waals surface area contributed by atoms with Crippen molar-refractivity contribution in [1.82, 2.24) is 0 Å². The highest BCUT2D eigenvalue weighted by Crippen LogP contribution is 2.16. The van der Waals surface area contributed by atoms with Crippen molar-refractivity contribution in [2.45, 2.75) is 18.9 Å². The van der Waals surface area contributed by atoms with E-state index in [-0.39, 0.29) is 12.7 Å². The molecule has 2 nitrogen and oxygen atoms in total. The van der Waals surface area contributed by atoms with Crippen LogP contribution in [-0.4, -0.2) is 22.9 Å². The van der Waals surface area contributed by atoms with Gasteiger partial charge in [0.2, 0.25) is 0 Å². The SMILES string of the molecule is OCC1=CC[C@H](O)C1. The van der Waals surface area contributed by atoms with Crippen molar-refractivity contribution in [2.24, 2.45) is 0 Å². The van der Waals surface area contributed by atoms with Crippen molar-refractivity contribution in [3.63, 3.8) is 0 Å². The van der Waals surface area contributed by atoms with Crippen molar-refractivity contribution in [3.8, 4) is 0 Å². The molecule has 0 aromatic carbocycles. The van der Waals surface area contributed by atoms with Gasteiger partial charge in [-0.25, -0.2) is 0 Å². The summed E-state index contributed by atoms with van der Waals surface area (Å²) < 4.78 is 0. The Labute approximate surface area is 48.5 Å². The van der Waals surface area contributed by atoms with Gasteiger partial charge in [0, 0.05) is 0 Å². The fraction of sp³-hybridized carbons (Fsp3) is 0.667. The summed E-state index contributed by atoms with van der Waals surface area (Å²) in [5.41, 5.74) is 0.970. The second-order valence-corrected chi connectivity index (χ2v) is 2.11. The number of rotatable bonds is 1. The number of aliphatic hydroxyl groups is 2. The topological polar surface area (TPSA) is 40.5 Å². The van der Waals surface area contributed by atoms with E-state index in [0.29, 0.717) is 6.42 Å². The molecule has 46 valence electrons. The molecule has 0 fully saturated rings. The van der Waals surface area contributed by atoms with Gasteiger partial charge in [-0.1, -0.05) is 6.08 Å². The lowest BCUT2D eigenvalue weighted by Gasteiger charge is -1.97. The summed E-state index contributed by atoms with van der Waals surface area (Å²) in [6.45, 7) is 0.108. The van der Waals surface area contributed by atoms with E-state index in [1.807, 2.05) is 6.08 Å². The molecule has 1 atom stereocenters. The molecule has 0 amide bonds. The Hall–Kier alpha value is -0.340. The molecule has 1 aliphatic carbocycles. The maximum atomic E-state index is 8.87. The van der Waals surface area contributed by atoms with E-state index in [1.54, 1.807) is 0 Å². The summed E-state index contributed by atoms with van der Waals surface area (Å²) >= 11 is 0. The molecule has 1 rings (SSSR count). The molecule has 0 unspecified atom stereocenters. The summed E-state index contributed by atoms with van der Waals surface area (Å²) in [6, 6.07) is 0. The average molecular weight is 114 g/mol. The molecule has 0 bridgehead atoms. The summed E-state index contributed by atoms with van der Waals surface area (Å²) in [4.78, 5) is 0. The van der Waals surface area contributed by atoms with Gasteiger partial charge in [0.05, 0.1) is 12.7 Å². The zero-order chi connectivity index (χ0) is 5.98. The lowest BCUT2D eigenvalue weighted by atomic mass is 10.2. The molecule has 0 spiro atoms. The summed E-state index contributed by atoms with van der Waals surface area (Å²) in [5, 5.41) is 17.4. The highest BCUT2D eigenvalue weighted by atomic mass is 16.3. The van der Waals surface area contributed by atoms with Gasteiger partial charge in [-0.3, -0.25) is 0 Å². The maximum absolute atomic E-state index is 8.87. The molecule has 2 N–H and O–H groups in total. The zero-order valence-corrected chi connectivity index (χ0v) is 4.67. The average Bonchev–Trinajstić information content (AvgIpc) is 2.14. The third-order valence-electron chi connectivity index (χ3n) is 1.38. The van der Waals surface area contributed by atoms with E-state index in [1.165, 1.54) is 0 Å². The van der Waals surface area contributed by atoms with Crippen LogP contribution in [0.4, 0.5) is 0 Å². The van der Waals surface area contributed by atoms with Gasteiger partial charge in [-0.05, 0) is 18.4 Å². The summed E-state index contributed by atoms with van der Waals surface area (Å²) in [5.74, 6) is 0. The molecule has 0 radical (unpaired) electrons. The van der Waals surface area contributed by atoms with E-state index in [2.05, 4.69) is 0 Å². The Bertz CT molecular complexity index is 107. The Morgan fingerprint density at radius 2 is 2.50 bits per heavy atom. The molecule has 0 saturated carbocycles. The summed E-state index contributed by atoms with van der Waals surface area (Å²) in [7, 11) is 0. The van der Waals surface area contributed by atoms with Crippen LogP contribution in [0.15, 0.2) is 11.6 Å². The molecule has 1 aliphatic rings. The van der Waals surface area contributed by atoms with Gasteiger partial charge in [0.25, 0.3) is 0 Å². The van der Waals surface area contributed by atoms with Gasteiger partial charge in [-0.15, -0.1) is 0 Å². The Morgan fingerprint density at radius 1 is 1.75 bits per heavy atom. The van der Waals surface area contributed by atoms with Crippen LogP contribution in [0.2, 0.25) is 0 Å². The predicted molar refractivity (Wildman–Crippen MR) is 30.4 cm³/mol. The first kappa shape index (κ1) is 5.79. The van der Waals surface area contributed by atoms with Gasteiger partial charge < -0.3 is 10.2 Å². The van der Waals surface area contributed by atoms with E-state index >= 15 is 0 Å². The van der Waals surface area contributed by atoms with Crippen LogP contribution < -0.4 is 0 Å². The van der Waals surface area contributed by atoms with Crippen LogP contribution in [-0.2, 0) is 0 Å². The molecule has 0 saturated heterocycles. The first-order valence-electron chi connectivity index (χ1n) is 2.79. The first-order valence-corrected chi connectivity index (χ1v) is 2.79. The van der Waals surface area contributed by atoms with Crippen molar-refractivity contribution in [1.29, 1.82) is 0 Å². The molecule has 0 aromatic heterocycles. The highest BCUT2D eigenvalue weighted by molar-refractivity contribution is 5.10. The lowest BCUT2D eigenvalue weighted by Crippen LogP contribution is -1.99. The van der Waals surface area contributed by atoms with E-state index in [0.717, 1.165) is 12.0 Å². The van der Waals surface area contributed by atoms with E-state index in [4.69, 9.17) is 10.2 Å². The third-order valence-corrected chi connectivity index (χ3v) is 1.38. The number of aliphatic hydroxyl groups excluding tert-OH is 2. The van der Waals surface area contributed by atoms with Crippen LogP contribution >= 0.6 is 0 Å². The first-order chi connectivity index (χ1) is 3.83. The summed E-state index contributed by atoms with van der Waals surface area (Å²) in [6.07, 6.45) is 3.05. The fourth-order valence-corrected chi connectivity index (χ4v) is 0.901. The van der Waals surface area contributed by atoms with E-state index in [9.17, 15) is 0 Å². The third kappa shape index (κ3) is 1.08. The molecule has 2 heteroatoms. The number of hydrogen-bond acceptors (Lipinski definition) is 2. The van der Waals surface area contributed by atoms with Crippen LogP contribution in [0.3, 0.4) is 0 Å². The van der Waals surface area contributed by atoms with Crippen LogP contribution in [0.25, 0.3) is 0 Å². The normalized spacial score (nSPS) is 28.2. The van der Waals surface area contributed by atoms with Gasteiger partial charge in [0.1, 0.15) is 0 Å². The monoisotopic (exact) mass is 114 g/mol. The second-order valence-electron chi connectivity index (χ2n) is 2.11. The van der Waals surface area contributed by atoms with Gasteiger partial charge in [0.15, 0.2) is 0 Å². The molecular weight excluding hydrogens is 104 g/mol. The quantitative estimate of drug-likeness (QED) is 0.473. The minimum absolute atomic E-state index is 0.108. The molecule has 0 heterocycles. The fourth-order valence-electron chi connectivity index (χ4n) is 0.901. The predicted octanol–water partition coefficient (Wildman–Crippen LogP) is 0.0598. The molecule has 8 heavy (non-hydrogen) atoms. The minimum atomic E-state index is -0.225. The van der Waals surface area contributed by atoms with E-state index < -0.39 is 0 Å². The van der Waals surface area contributed by atoms with Crippen molar-refractivity contribution in [2.75, 3.05) is 6.61 Å².